The second-order valence-corrected chi connectivity index (χ2v) is 6.43. The van der Waals surface area contributed by atoms with E-state index in [-0.39, 0.29) is 6.10 Å². The van der Waals surface area contributed by atoms with Crippen LogP contribution in [0.4, 0.5) is 0 Å². The molecule has 0 saturated heterocycles. The Morgan fingerprint density at radius 3 is 3.08 bits per heavy atom. The van der Waals surface area contributed by atoms with Crippen molar-refractivity contribution in [3.05, 3.63) is 70.7 Å². The van der Waals surface area contributed by atoms with Gasteiger partial charge in [-0.15, -0.1) is 0 Å². The molecule has 0 spiro atoms. The lowest BCUT2D eigenvalue weighted by Gasteiger charge is -2.19. The lowest BCUT2D eigenvalue weighted by Crippen LogP contribution is -2.25. The van der Waals surface area contributed by atoms with E-state index >= 15 is 0 Å². The molecule has 0 saturated carbocycles. The van der Waals surface area contributed by atoms with Crippen LogP contribution in [0.2, 0.25) is 5.02 Å². The van der Waals surface area contributed by atoms with E-state index in [2.05, 4.69) is 17.5 Å². The summed E-state index contributed by atoms with van der Waals surface area (Å²) in [5, 5.41) is 13.9. The summed E-state index contributed by atoms with van der Waals surface area (Å²) in [4.78, 5) is 0. The number of aliphatic hydroxyl groups excluding tert-OH is 1. The number of hydrogen-bond donors (Lipinski definition) is 2. The molecule has 2 N–H and O–H groups in total. The van der Waals surface area contributed by atoms with E-state index in [9.17, 15) is 5.11 Å². The molecule has 1 aromatic carbocycles. The second-order valence-electron chi connectivity index (χ2n) is 5.99. The molecule has 0 fully saturated rings. The van der Waals surface area contributed by atoms with Gasteiger partial charge in [0.05, 0.1) is 11.9 Å². The van der Waals surface area contributed by atoms with Crippen molar-refractivity contribution in [3.8, 4) is 0 Å². The highest BCUT2D eigenvalue weighted by Crippen LogP contribution is 2.29. The first-order valence-corrected chi connectivity index (χ1v) is 8.52. The lowest BCUT2D eigenvalue weighted by atomic mass is 9.98. The van der Waals surface area contributed by atoms with Crippen molar-refractivity contribution in [2.24, 2.45) is 5.92 Å². The maximum absolute atomic E-state index is 10.1. The van der Waals surface area contributed by atoms with Gasteiger partial charge in [0.25, 0.3) is 0 Å². The Hall–Kier alpha value is -1.75. The molecule has 1 heterocycles. The van der Waals surface area contributed by atoms with Crippen LogP contribution in [0.3, 0.4) is 0 Å². The summed E-state index contributed by atoms with van der Waals surface area (Å²) in [5.74, 6) is 2.11. The van der Waals surface area contributed by atoms with Crippen molar-refractivity contribution in [3.63, 3.8) is 0 Å². The third-order valence-electron chi connectivity index (χ3n) is 4.06. The van der Waals surface area contributed by atoms with Crippen LogP contribution in [0.1, 0.15) is 18.6 Å². The summed E-state index contributed by atoms with van der Waals surface area (Å²) in [6, 6.07) is 7.26. The van der Waals surface area contributed by atoms with Crippen LogP contribution in [0, 0.1) is 5.92 Å². The number of fused-ring (bicyclic) bond motifs is 1. The average Bonchev–Trinajstić information content (AvgIpc) is 2.93. The maximum Gasteiger partial charge on any atom is 0.130 e. The summed E-state index contributed by atoms with van der Waals surface area (Å²) in [6.45, 7) is 3.60. The summed E-state index contributed by atoms with van der Waals surface area (Å²) >= 11 is 5.93. The average molecular weight is 348 g/mol. The molecule has 5 heteroatoms. The Labute approximate surface area is 147 Å². The minimum absolute atomic E-state index is 0.0580. The molecule has 0 radical (unpaired) electrons. The standard InChI is InChI=1S/C19H22ClNO3/c1-13-9-15-5-6-17(11-19(15)24-13)23-8-7-21-12-18(22)14-3-2-4-16(20)10-14/h2-6,9-11,15,18-19,21-22H,7-8,12H2,1H3/t15?,18-,19?/m0/s1. The zero-order chi connectivity index (χ0) is 16.9. The maximum atomic E-state index is 10.1. The van der Waals surface area contributed by atoms with E-state index < -0.39 is 6.10 Å². The highest BCUT2D eigenvalue weighted by molar-refractivity contribution is 6.30. The fourth-order valence-electron chi connectivity index (χ4n) is 2.84. The van der Waals surface area contributed by atoms with Gasteiger partial charge in [0.1, 0.15) is 18.5 Å². The quantitative estimate of drug-likeness (QED) is 0.743. The number of aliphatic hydroxyl groups is 1. The molecule has 0 bridgehead atoms. The van der Waals surface area contributed by atoms with Gasteiger partial charge in [-0.2, -0.15) is 0 Å². The number of halogens is 1. The number of nitrogens with one attached hydrogen (secondary N) is 1. The Bertz CT molecular complexity index is 668. The van der Waals surface area contributed by atoms with E-state index in [1.54, 1.807) is 12.1 Å². The molecule has 1 aromatic rings. The smallest absolute Gasteiger partial charge is 0.130 e. The van der Waals surface area contributed by atoms with Gasteiger partial charge in [-0.3, -0.25) is 0 Å². The minimum Gasteiger partial charge on any atom is -0.492 e. The van der Waals surface area contributed by atoms with E-state index in [1.165, 1.54) is 0 Å². The summed E-state index contributed by atoms with van der Waals surface area (Å²) in [7, 11) is 0. The fourth-order valence-corrected chi connectivity index (χ4v) is 3.04. The SMILES string of the molecule is CC1=CC2C=CC(OCCNC[C@H](O)c3cccc(Cl)c3)=CC2O1. The molecular weight excluding hydrogens is 326 g/mol. The van der Waals surface area contributed by atoms with Gasteiger partial charge in [0, 0.05) is 24.0 Å². The first kappa shape index (κ1) is 17.1. The third kappa shape index (κ3) is 4.41. The van der Waals surface area contributed by atoms with Crippen LogP contribution in [0.5, 0.6) is 0 Å². The number of allylic oxidation sites excluding steroid dienone is 2. The minimum atomic E-state index is -0.584. The second kappa shape index (κ2) is 7.88. The van der Waals surface area contributed by atoms with Crippen LogP contribution in [-0.4, -0.2) is 30.9 Å². The Morgan fingerprint density at radius 1 is 1.38 bits per heavy atom. The van der Waals surface area contributed by atoms with Crippen molar-refractivity contribution in [2.45, 2.75) is 19.1 Å². The zero-order valence-electron chi connectivity index (χ0n) is 13.6. The van der Waals surface area contributed by atoms with Gasteiger partial charge in [-0.05, 0) is 42.8 Å². The first-order chi connectivity index (χ1) is 11.6. The summed E-state index contributed by atoms with van der Waals surface area (Å²) in [5.41, 5.74) is 0.807. The van der Waals surface area contributed by atoms with Gasteiger partial charge in [0.15, 0.2) is 0 Å². The first-order valence-electron chi connectivity index (χ1n) is 8.14. The van der Waals surface area contributed by atoms with Crippen LogP contribution in [0.25, 0.3) is 0 Å². The van der Waals surface area contributed by atoms with Gasteiger partial charge in [0.2, 0.25) is 0 Å². The van der Waals surface area contributed by atoms with E-state index in [0.29, 0.717) is 30.6 Å². The highest BCUT2D eigenvalue weighted by atomic mass is 35.5. The van der Waals surface area contributed by atoms with E-state index in [0.717, 1.165) is 17.1 Å². The van der Waals surface area contributed by atoms with Crippen molar-refractivity contribution in [1.29, 1.82) is 0 Å². The molecule has 1 aliphatic heterocycles. The molecule has 2 aliphatic rings. The van der Waals surface area contributed by atoms with Crippen molar-refractivity contribution < 1.29 is 14.6 Å². The summed E-state index contributed by atoms with van der Waals surface area (Å²) in [6.07, 6.45) is 7.70. The number of rotatable bonds is 7. The predicted octanol–water partition coefficient (Wildman–Crippen LogP) is 3.35. The lowest BCUT2D eigenvalue weighted by molar-refractivity contribution is 0.149. The molecular formula is C19H22ClNO3. The van der Waals surface area contributed by atoms with Crippen molar-refractivity contribution >= 4 is 11.6 Å². The molecule has 3 atom stereocenters. The molecule has 0 aromatic heterocycles. The zero-order valence-corrected chi connectivity index (χ0v) is 14.4. The van der Waals surface area contributed by atoms with Gasteiger partial charge < -0.3 is 19.9 Å². The topological polar surface area (TPSA) is 50.7 Å². The number of benzene rings is 1. The summed E-state index contributed by atoms with van der Waals surface area (Å²) < 4.78 is 11.4. The van der Waals surface area contributed by atoms with Crippen LogP contribution in [-0.2, 0) is 9.47 Å². The number of hydrogen-bond acceptors (Lipinski definition) is 4. The van der Waals surface area contributed by atoms with E-state index in [4.69, 9.17) is 21.1 Å². The molecule has 4 nitrogen and oxygen atoms in total. The van der Waals surface area contributed by atoms with Gasteiger partial charge in [-0.25, -0.2) is 0 Å². The van der Waals surface area contributed by atoms with Crippen molar-refractivity contribution in [2.75, 3.05) is 19.7 Å². The molecule has 0 amide bonds. The molecule has 3 rings (SSSR count). The van der Waals surface area contributed by atoms with E-state index in [1.807, 2.05) is 31.2 Å². The highest BCUT2D eigenvalue weighted by Gasteiger charge is 2.26. The normalized spacial score (nSPS) is 23.1. The Balaban J connectivity index is 1.36. The monoisotopic (exact) mass is 347 g/mol. The van der Waals surface area contributed by atoms with Crippen LogP contribution >= 0.6 is 11.6 Å². The van der Waals surface area contributed by atoms with Crippen LogP contribution in [0.15, 0.2) is 60.1 Å². The largest absolute Gasteiger partial charge is 0.492 e. The molecule has 2 unspecified atom stereocenters. The van der Waals surface area contributed by atoms with Crippen LogP contribution < -0.4 is 5.32 Å². The molecule has 128 valence electrons. The van der Waals surface area contributed by atoms with Crippen molar-refractivity contribution in [1.82, 2.24) is 5.32 Å². The Morgan fingerprint density at radius 2 is 2.25 bits per heavy atom. The van der Waals surface area contributed by atoms with Gasteiger partial charge >= 0.3 is 0 Å². The third-order valence-corrected chi connectivity index (χ3v) is 4.29. The molecule has 24 heavy (non-hydrogen) atoms. The predicted molar refractivity (Wildman–Crippen MR) is 94.6 cm³/mol. The Kier molecular flexibility index (Phi) is 5.61. The fraction of sp³-hybridized carbons (Fsp3) is 0.368. The van der Waals surface area contributed by atoms with Gasteiger partial charge in [-0.1, -0.05) is 29.8 Å². The number of ether oxygens (including phenoxy) is 2. The molecule has 1 aliphatic carbocycles.